The molecule has 0 bridgehead atoms. The summed E-state index contributed by atoms with van der Waals surface area (Å²) in [7, 11) is 0. The number of Topliss-reactive ketones (excluding diaryl/α,β-unsaturated/α-hetero) is 1. The Labute approximate surface area is 142 Å². The predicted molar refractivity (Wildman–Crippen MR) is 90.2 cm³/mol. The normalized spacial score (nSPS) is 11.8. The number of hydrogen-bond donors (Lipinski definition) is 2. The molecule has 0 aliphatic heterocycles. The number of rotatable bonds is 10. The van der Waals surface area contributed by atoms with Gasteiger partial charge in [0.1, 0.15) is 11.8 Å². The molecule has 0 heterocycles. The number of carboxylic acids is 1. The van der Waals surface area contributed by atoms with Crippen LogP contribution in [0.2, 0.25) is 0 Å². The zero-order valence-corrected chi connectivity index (χ0v) is 14.4. The van der Waals surface area contributed by atoms with Gasteiger partial charge in [0.2, 0.25) is 5.91 Å². The van der Waals surface area contributed by atoms with E-state index in [1.54, 1.807) is 24.3 Å². The highest BCUT2D eigenvalue weighted by Gasteiger charge is 2.20. The maximum atomic E-state index is 11.8. The van der Waals surface area contributed by atoms with Crippen molar-refractivity contribution in [2.24, 2.45) is 5.92 Å². The third-order valence-corrected chi connectivity index (χ3v) is 3.40. The lowest BCUT2D eigenvalue weighted by atomic mass is 10.0. The molecule has 6 nitrogen and oxygen atoms in total. The molecule has 0 aromatic heterocycles. The molecule has 0 aliphatic rings. The third kappa shape index (κ3) is 7.26. The van der Waals surface area contributed by atoms with Crippen molar-refractivity contribution in [2.75, 3.05) is 6.61 Å². The number of nitrogens with one attached hydrogen (secondary N) is 1. The van der Waals surface area contributed by atoms with E-state index in [0.29, 0.717) is 30.8 Å². The van der Waals surface area contributed by atoms with Crippen molar-refractivity contribution < 1.29 is 24.2 Å². The van der Waals surface area contributed by atoms with Crippen molar-refractivity contribution in [2.45, 2.75) is 46.1 Å². The maximum Gasteiger partial charge on any atom is 0.326 e. The van der Waals surface area contributed by atoms with Gasteiger partial charge in [0.05, 0.1) is 6.61 Å². The average Bonchev–Trinajstić information content (AvgIpc) is 2.50. The van der Waals surface area contributed by atoms with Gasteiger partial charge in [-0.15, -0.1) is 0 Å². The Kier molecular flexibility index (Phi) is 7.95. The molecule has 132 valence electrons. The fourth-order valence-electron chi connectivity index (χ4n) is 2.19. The summed E-state index contributed by atoms with van der Waals surface area (Å²) < 4.78 is 5.52. The number of amides is 1. The quantitative estimate of drug-likeness (QED) is 0.506. The van der Waals surface area contributed by atoms with Crippen LogP contribution in [0.5, 0.6) is 5.75 Å². The summed E-state index contributed by atoms with van der Waals surface area (Å²) in [5, 5.41) is 11.6. The Hall–Kier alpha value is -2.37. The van der Waals surface area contributed by atoms with Crippen molar-refractivity contribution in [3.8, 4) is 5.75 Å². The highest BCUT2D eigenvalue weighted by Crippen LogP contribution is 2.14. The van der Waals surface area contributed by atoms with Crippen molar-refractivity contribution in [3.63, 3.8) is 0 Å². The zero-order chi connectivity index (χ0) is 18.1. The average molecular weight is 335 g/mol. The van der Waals surface area contributed by atoms with Crippen LogP contribution in [0.4, 0.5) is 0 Å². The van der Waals surface area contributed by atoms with Gasteiger partial charge in [-0.2, -0.15) is 0 Å². The standard InChI is InChI=1S/C18H25NO5/c1-12(2)10-16(18(22)23)19-17(21)8-5-9-24-15-7-4-6-14(11-15)13(3)20/h4,6-7,11-12,16H,5,8-10H2,1-3H3,(H,19,21)(H,22,23)/t16-/m1/s1. The van der Waals surface area contributed by atoms with Crippen LogP contribution in [0.3, 0.4) is 0 Å². The Morgan fingerprint density at radius 3 is 2.54 bits per heavy atom. The van der Waals surface area contributed by atoms with Crippen LogP contribution in [0.25, 0.3) is 0 Å². The van der Waals surface area contributed by atoms with Crippen LogP contribution in [0.15, 0.2) is 24.3 Å². The van der Waals surface area contributed by atoms with Gasteiger partial charge in [0.15, 0.2) is 5.78 Å². The summed E-state index contributed by atoms with van der Waals surface area (Å²) in [5.74, 6) is -0.599. The first-order valence-electron chi connectivity index (χ1n) is 8.05. The molecule has 0 saturated carbocycles. The SMILES string of the molecule is CC(=O)c1cccc(OCCCC(=O)N[C@H](CC(C)C)C(=O)O)c1. The van der Waals surface area contributed by atoms with Crippen molar-refractivity contribution in [3.05, 3.63) is 29.8 Å². The van der Waals surface area contributed by atoms with E-state index in [0.717, 1.165) is 0 Å². The molecule has 1 aromatic rings. The fourth-order valence-corrected chi connectivity index (χ4v) is 2.19. The number of ether oxygens (including phenoxy) is 1. The number of hydrogen-bond acceptors (Lipinski definition) is 4. The third-order valence-electron chi connectivity index (χ3n) is 3.40. The van der Waals surface area contributed by atoms with E-state index in [1.165, 1.54) is 6.92 Å². The van der Waals surface area contributed by atoms with Crippen molar-refractivity contribution in [1.29, 1.82) is 0 Å². The predicted octanol–water partition coefficient (Wildman–Crippen LogP) is 2.66. The highest BCUT2D eigenvalue weighted by molar-refractivity contribution is 5.94. The first kappa shape index (κ1) is 19.7. The minimum atomic E-state index is -1.02. The summed E-state index contributed by atoms with van der Waals surface area (Å²) in [4.78, 5) is 34.2. The fraction of sp³-hybridized carbons (Fsp3) is 0.500. The van der Waals surface area contributed by atoms with Gasteiger partial charge in [-0.05, 0) is 37.8 Å². The van der Waals surface area contributed by atoms with Crippen LogP contribution in [-0.2, 0) is 9.59 Å². The summed E-state index contributed by atoms with van der Waals surface area (Å²) >= 11 is 0. The Balaban J connectivity index is 2.36. The van der Waals surface area contributed by atoms with Gasteiger partial charge in [-0.1, -0.05) is 26.0 Å². The number of benzene rings is 1. The molecule has 6 heteroatoms. The lowest BCUT2D eigenvalue weighted by molar-refractivity contribution is -0.142. The molecule has 0 spiro atoms. The van der Waals surface area contributed by atoms with Crippen molar-refractivity contribution in [1.82, 2.24) is 5.32 Å². The molecular weight excluding hydrogens is 310 g/mol. The summed E-state index contributed by atoms with van der Waals surface area (Å²) in [6, 6.07) is 6.00. The molecule has 0 radical (unpaired) electrons. The first-order valence-corrected chi connectivity index (χ1v) is 8.05. The molecule has 1 atom stereocenters. The molecule has 0 fully saturated rings. The van der Waals surface area contributed by atoms with Gasteiger partial charge >= 0.3 is 5.97 Å². The van der Waals surface area contributed by atoms with E-state index in [2.05, 4.69) is 5.32 Å². The van der Waals surface area contributed by atoms with E-state index in [1.807, 2.05) is 13.8 Å². The second-order valence-electron chi connectivity index (χ2n) is 6.12. The van der Waals surface area contributed by atoms with Crippen LogP contribution in [0, 0.1) is 5.92 Å². The van der Waals surface area contributed by atoms with Crippen LogP contribution < -0.4 is 10.1 Å². The van der Waals surface area contributed by atoms with Crippen molar-refractivity contribution >= 4 is 17.7 Å². The van der Waals surface area contributed by atoms with E-state index < -0.39 is 12.0 Å². The van der Waals surface area contributed by atoms with E-state index in [4.69, 9.17) is 9.84 Å². The smallest absolute Gasteiger partial charge is 0.326 e. The van der Waals surface area contributed by atoms with Gasteiger partial charge in [0.25, 0.3) is 0 Å². The van der Waals surface area contributed by atoms with E-state index in [-0.39, 0.29) is 24.0 Å². The lowest BCUT2D eigenvalue weighted by Crippen LogP contribution is -2.41. The monoisotopic (exact) mass is 335 g/mol. The van der Waals surface area contributed by atoms with Gasteiger partial charge in [-0.25, -0.2) is 4.79 Å². The van der Waals surface area contributed by atoms with Crippen LogP contribution in [0.1, 0.15) is 50.4 Å². The first-order chi connectivity index (χ1) is 11.3. The molecule has 1 rings (SSSR count). The topological polar surface area (TPSA) is 92.7 Å². The van der Waals surface area contributed by atoms with E-state index >= 15 is 0 Å². The molecule has 2 N–H and O–H groups in total. The second-order valence-corrected chi connectivity index (χ2v) is 6.12. The van der Waals surface area contributed by atoms with Gasteiger partial charge < -0.3 is 15.2 Å². The molecule has 0 aliphatic carbocycles. The number of carboxylic acid groups (broad SMARTS) is 1. The van der Waals surface area contributed by atoms with Crippen LogP contribution in [-0.4, -0.2) is 35.4 Å². The largest absolute Gasteiger partial charge is 0.494 e. The Morgan fingerprint density at radius 2 is 1.96 bits per heavy atom. The molecule has 1 aromatic carbocycles. The van der Waals surface area contributed by atoms with Gasteiger partial charge in [0, 0.05) is 12.0 Å². The van der Waals surface area contributed by atoms with E-state index in [9.17, 15) is 14.4 Å². The molecule has 24 heavy (non-hydrogen) atoms. The second kappa shape index (κ2) is 9.70. The minimum Gasteiger partial charge on any atom is -0.494 e. The Morgan fingerprint density at radius 1 is 1.25 bits per heavy atom. The Bertz CT molecular complexity index is 583. The zero-order valence-electron chi connectivity index (χ0n) is 14.4. The molecular formula is C18H25NO5. The summed E-state index contributed by atoms with van der Waals surface area (Å²) in [6.07, 6.45) is 1.05. The van der Waals surface area contributed by atoms with Gasteiger partial charge in [-0.3, -0.25) is 9.59 Å². The number of carbonyl (C=O) groups is 3. The number of carbonyl (C=O) groups excluding carboxylic acids is 2. The summed E-state index contributed by atoms with van der Waals surface area (Å²) in [5.41, 5.74) is 0.572. The molecule has 1 amide bonds. The molecule has 0 saturated heterocycles. The maximum absolute atomic E-state index is 11.8. The number of ketones is 1. The minimum absolute atomic E-state index is 0.0373. The molecule has 0 unspecified atom stereocenters. The lowest BCUT2D eigenvalue weighted by Gasteiger charge is -2.16. The summed E-state index contributed by atoms with van der Waals surface area (Å²) in [6.45, 7) is 5.62. The number of aliphatic carboxylic acids is 1. The van der Waals surface area contributed by atoms with Crippen LogP contribution >= 0.6 is 0 Å². The highest BCUT2D eigenvalue weighted by atomic mass is 16.5.